The number of ether oxygens (including phenoxy) is 1. The van der Waals surface area contributed by atoms with Crippen LogP contribution in [0, 0.1) is 0 Å². The standard InChI is InChI=1S/C22H28N6O2S/c1-30-18-11-9-16(10-12-18)27-15-13-19(26-27)21(29)23-14-5-8-20-24-25-22(31-2)28(20)17-6-3-4-7-17/h9-13,15,17H,3-8,14H2,1-2H3,(H,23,29). The predicted octanol–water partition coefficient (Wildman–Crippen LogP) is 3.67. The van der Waals surface area contributed by atoms with Crippen LogP contribution in [0.2, 0.25) is 0 Å². The average Bonchev–Trinajstić information content (AvgIpc) is 3.56. The molecule has 0 aliphatic heterocycles. The van der Waals surface area contributed by atoms with Gasteiger partial charge in [0.1, 0.15) is 11.6 Å². The molecule has 1 aliphatic carbocycles. The van der Waals surface area contributed by atoms with E-state index in [2.05, 4.69) is 25.2 Å². The van der Waals surface area contributed by atoms with E-state index in [1.54, 1.807) is 35.8 Å². The summed E-state index contributed by atoms with van der Waals surface area (Å²) in [6.45, 7) is 0.570. The van der Waals surface area contributed by atoms with Crippen molar-refractivity contribution in [3.8, 4) is 11.4 Å². The van der Waals surface area contributed by atoms with Gasteiger partial charge in [-0.25, -0.2) is 4.68 Å². The maximum atomic E-state index is 12.5. The molecule has 0 unspecified atom stereocenters. The van der Waals surface area contributed by atoms with Crippen molar-refractivity contribution in [2.75, 3.05) is 19.9 Å². The van der Waals surface area contributed by atoms with Crippen LogP contribution in [0.5, 0.6) is 5.75 Å². The lowest BCUT2D eigenvalue weighted by molar-refractivity contribution is 0.0947. The molecule has 1 saturated carbocycles. The lowest BCUT2D eigenvalue weighted by Gasteiger charge is -2.16. The van der Waals surface area contributed by atoms with E-state index in [9.17, 15) is 4.79 Å². The third-order valence-corrected chi connectivity index (χ3v) is 6.27. The predicted molar refractivity (Wildman–Crippen MR) is 120 cm³/mol. The summed E-state index contributed by atoms with van der Waals surface area (Å²) in [5, 5.41) is 17.1. The van der Waals surface area contributed by atoms with E-state index >= 15 is 0 Å². The number of amides is 1. The first-order valence-electron chi connectivity index (χ1n) is 10.7. The number of nitrogens with one attached hydrogen (secondary N) is 1. The summed E-state index contributed by atoms with van der Waals surface area (Å²) in [6, 6.07) is 9.77. The lowest BCUT2D eigenvalue weighted by atomic mass is 10.2. The molecule has 0 spiro atoms. The summed E-state index contributed by atoms with van der Waals surface area (Å²) in [4.78, 5) is 12.5. The van der Waals surface area contributed by atoms with Crippen LogP contribution in [0.1, 0.15) is 54.5 Å². The molecule has 3 aromatic rings. The molecule has 9 heteroatoms. The summed E-state index contributed by atoms with van der Waals surface area (Å²) in [6.07, 6.45) is 10.4. The zero-order valence-electron chi connectivity index (χ0n) is 18.0. The fourth-order valence-electron chi connectivity index (χ4n) is 4.01. The highest BCUT2D eigenvalue weighted by atomic mass is 32.2. The van der Waals surface area contributed by atoms with Gasteiger partial charge in [0.25, 0.3) is 5.91 Å². The summed E-state index contributed by atoms with van der Waals surface area (Å²) in [5.41, 5.74) is 1.27. The Morgan fingerprint density at radius 2 is 1.97 bits per heavy atom. The van der Waals surface area contributed by atoms with Gasteiger partial charge in [-0.3, -0.25) is 4.79 Å². The molecule has 8 nitrogen and oxygen atoms in total. The molecule has 164 valence electrons. The number of aromatic nitrogens is 5. The average molecular weight is 441 g/mol. The van der Waals surface area contributed by atoms with Gasteiger partial charge in [-0.05, 0) is 55.9 Å². The summed E-state index contributed by atoms with van der Waals surface area (Å²) in [7, 11) is 1.63. The van der Waals surface area contributed by atoms with E-state index in [-0.39, 0.29) is 5.91 Å². The van der Waals surface area contributed by atoms with Gasteiger partial charge in [0.05, 0.1) is 12.8 Å². The Balaban J connectivity index is 1.30. The highest BCUT2D eigenvalue weighted by Crippen LogP contribution is 2.33. The fourth-order valence-corrected chi connectivity index (χ4v) is 4.58. The zero-order valence-corrected chi connectivity index (χ0v) is 18.8. The molecule has 31 heavy (non-hydrogen) atoms. The Hall–Kier alpha value is -2.81. The second-order valence-electron chi connectivity index (χ2n) is 7.61. The second kappa shape index (κ2) is 10.00. The molecule has 0 radical (unpaired) electrons. The third-order valence-electron chi connectivity index (χ3n) is 5.63. The number of nitrogens with zero attached hydrogens (tertiary/aromatic N) is 5. The monoisotopic (exact) mass is 440 g/mol. The van der Waals surface area contributed by atoms with E-state index in [1.165, 1.54) is 25.7 Å². The van der Waals surface area contributed by atoms with E-state index in [4.69, 9.17) is 4.74 Å². The van der Waals surface area contributed by atoms with Gasteiger partial charge in [-0.2, -0.15) is 5.10 Å². The highest BCUT2D eigenvalue weighted by molar-refractivity contribution is 7.98. The van der Waals surface area contributed by atoms with Gasteiger partial charge in [0.2, 0.25) is 0 Å². The maximum Gasteiger partial charge on any atom is 0.271 e. The van der Waals surface area contributed by atoms with E-state index < -0.39 is 0 Å². The van der Waals surface area contributed by atoms with Crippen molar-refractivity contribution in [2.45, 2.75) is 49.7 Å². The Morgan fingerprint density at radius 3 is 2.68 bits per heavy atom. The first kappa shape index (κ1) is 21.4. The molecule has 2 aromatic heterocycles. The molecule has 1 aliphatic rings. The number of methoxy groups -OCH3 is 1. The van der Waals surface area contributed by atoms with Crippen LogP contribution in [0.15, 0.2) is 41.7 Å². The third kappa shape index (κ3) is 4.92. The Labute approximate surface area is 186 Å². The van der Waals surface area contributed by atoms with E-state index in [0.717, 1.165) is 35.3 Å². The number of hydrogen-bond donors (Lipinski definition) is 1. The summed E-state index contributed by atoms with van der Waals surface area (Å²) < 4.78 is 9.17. The topological polar surface area (TPSA) is 86.9 Å². The van der Waals surface area contributed by atoms with Gasteiger partial charge in [0.15, 0.2) is 10.9 Å². The fraction of sp³-hybridized carbons (Fsp3) is 0.455. The van der Waals surface area contributed by atoms with Crippen LogP contribution in [0.3, 0.4) is 0 Å². The van der Waals surface area contributed by atoms with Gasteiger partial charge in [-0.1, -0.05) is 24.6 Å². The van der Waals surface area contributed by atoms with Gasteiger partial charge in [-0.15, -0.1) is 10.2 Å². The largest absolute Gasteiger partial charge is 0.497 e. The van der Waals surface area contributed by atoms with Gasteiger partial charge in [0, 0.05) is 25.2 Å². The molecule has 0 atom stereocenters. The first-order valence-corrected chi connectivity index (χ1v) is 11.9. The quantitative estimate of drug-likeness (QED) is 0.404. The molecular weight excluding hydrogens is 412 g/mol. The number of aryl methyl sites for hydroxylation is 1. The molecule has 0 bridgehead atoms. The summed E-state index contributed by atoms with van der Waals surface area (Å²) in [5.74, 6) is 1.63. The number of thioether (sulfide) groups is 1. The molecule has 1 fully saturated rings. The molecule has 0 saturated heterocycles. The first-order chi connectivity index (χ1) is 15.2. The molecule has 1 N–H and O–H groups in total. The van der Waals surface area contributed by atoms with Crippen molar-refractivity contribution in [3.05, 3.63) is 48.0 Å². The number of rotatable bonds is 9. The van der Waals surface area contributed by atoms with E-state index in [1.807, 2.05) is 30.5 Å². The summed E-state index contributed by atoms with van der Waals surface area (Å²) >= 11 is 1.65. The van der Waals surface area contributed by atoms with Crippen molar-refractivity contribution in [1.29, 1.82) is 0 Å². The zero-order chi connectivity index (χ0) is 21.6. The molecule has 1 amide bonds. The number of hydrogen-bond acceptors (Lipinski definition) is 6. The van der Waals surface area contributed by atoms with Crippen LogP contribution in [0.25, 0.3) is 5.69 Å². The van der Waals surface area contributed by atoms with Gasteiger partial charge < -0.3 is 14.6 Å². The lowest BCUT2D eigenvalue weighted by Crippen LogP contribution is -2.25. The smallest absolute Gasteiger partial charge is 0.271 e. The van der Waals surface area contributed by atoms with Crippen LogP contribution in [0.4, 0.5) is 0 Å². The van der Waals surface area contributed by atoms with Crippen molar-refractivity contribution in [2.24, 2.45) is 0 Å². The Bertz CT molecular complexity index is 1010. The normalized spacial score (nSPS) is 14.1. The molecule has 1 aromatic carbocycles. The SMILES string of the molecule is COc1ccc(-n2ccc(C(=O)NCCCc3nnc(SC)n3C3CCCC3)n2)cc1. The number of carbonyl (C=O) groups excluding carboxylic acids is 1. The van der Waals surface area contributed by atoms with Crippen molar-refractivity contribution in [1.82, 2.24) is 29.9 Å². The van der Waals surface area contributed by atoms with Gasteiger partial charge >= 0.3 is 0 Å². The van der Waals surface area contributed by atoms with Crippen molar-refractivity contribution in [3.63, 3.8) is 0 Å². The van der Waals surface area contributed by atoms with Crippen LogP contribution in [-0.4, -0.2) is 50.4 Å². The maximum absolute atomic E-state index is 12.5. The molecule has 2 heterocycles. The van der Waals surface area contributed by atoms with E-state index in [0.29, 0.717) is 18.3 Å². The second-order valence-corrected chi connectivity index (χ2v) is 8.39. The minimum Gasteiger partial charge on any atom is -0.497 e. The van der Waals surface area contributed by atoms with Crippen molar-refractivity contribution >= 4 is 17.7 Å². The highest BCUT2D eigenvalue weighted by Gasteiger charge is 2.23. The van der Waals surface area contributed by atoms with Crippen LogP contribution >= 0.6 is 11.8 Å². The number of benzene rings is 1. The van der Waals surface area contributed by atoms with Crippen LogP contribution < -0.4 is 10.1 Å². The molecular formula is C22H28N6O2S. The number of carbonyl (C=O) groups is 1. The minimum absolute atomic E-state index is 0.172. The van der Waals surface area contributed by atoms with Crippen molar-refractivity contribution < 1.29 is 9.53 Å². The molecule has 4 rings (SSSR count). The van der Waals surface area contributed by atoms with Crippen LogP contribution in [-0.2, 0) is 6.42 Å². The minimum atomic E-state index is -0.172. The Morgan fingerprint density at radius 1 is 1.19 bits per heavy atom. The Kier molecular flexibility index (Phi) is 6.91.